The molecule has 0 aliphatic carbocycles. The third kappa shape index (κ3) is 1.37. The van der Waals surface area contributed by atoms with Crippen LogP contribution in [0.3, 0.4) is 0 Å². The van der Waals surface area contributed by atoms with Gasteiger partial charge in [-0.1, -0.05) is 6.92 Å². The summed E-state index contributed by atoms with van der Waals surface area (Å²) in [6, 6.07) is 0. The van der Waals surface area contributed by atoms with Crippen molar-refractivity contribution in [3.63, 3.8) is 0 Å². The molecule has 0 saturated heterocycles. The van der Waals surface area contributed by atoms with E-state index in [1.54, 1.807) is 6.20 Å². The fraction of sp³-hybridized carbons (Fsp3) is 0.500. The van der Waals surface area contributed by atoms with E-state index in [-0.39, 0.29) is 0 Å². The molecule has 0 aromatic heterocycles. The van der Waals surface area contributed by atoms with Crippen LogP contribution >= 0.6 is 0 Å². The second kappa shape index (κ2) is 2.50. The quantitative estimate of drug-likeness (QED) is 0.489. The normalized spacial score (nSPS) is 26.9. The van der Waals surface area contributed by atoms with Crippen molar-refractivity contribution in [1.82, 2.24) is 5.32 Å². The molecule has 0 aromatic rings. The molecule has 1 aliphatic rings. The highest BCUT2D eigenvalue weighted by Gasteiger charge is 1.94. The molecule has 1 atom stereocenters. The maximum Gasteiger partial charge on any atom is 0.0420 e. The van der Waals surface area contributed by atoms with Crippen LogP contribution < -0.4 is 5.32 Å². The lowest BCUT2D eigenvalue weighted by molar-refractivity contribution is 0.722. The molecule has 8 heavy (non-hydrogen) atoms. The van der Waals surface area contributed by atoms with Gasteiger partial charge in [-0.15, -0.1) is 0 Å². The van der Waals surface area contributed by atoms with Gasteiger partial charge in [-0.2, -0.15) is 0 Å². The Balaban J connectivity index is 2.46. The molecule has 0 radical (unpaired) electrons. The Labute approximate surface area is 49.3 Å². The fourth-order valence-corrected chi connectivity index (χ4v) is 0.599. The topological polar surface area (TPSA) is 24.4 Å². The summed E-state index contributed by atoms with van der Waals surface area (Å²) in [7, 11) is 0. The summed E-state index contributed by atoms with van der Waals surface area (Å²) in [4.78, 5) is 3.98. The molecular formula is C6H10N2. The Morgan fingerprint density at radius 2 is 2.62 bits per heavy atom. The van der Waals surface area contributed by atoms with Crippen molar-refractivity contribution in [3.05, 3.63) is 12.4 Å². The summed E-state index contributed by atoms with van der Waals surface area (Å²) in [5, 5.41) is 3.09. The van der Waals surface area contributed by atoms with Crippen molar-refractivity contribution in [2.24, 2.45) is 10.9 Å². The van der Waals surface area contributed by atoms with E-state index < -0.39 is 0 Å². The van der Waals surface area contributed by atoms with E-state index in [0.29, 0.717) is 5.92 Å². The van der Waals surface area contributed by atoms with Crippen LogP contribution in [0.25, 0.3) is 0 Å². The van der Waals surface area contributed by atoms with Gasteiger partial charge in [0.1, 0.15) is 0 Å². The third-order valence-electron chi connectivity index (χ3n) is 1.06. The maximum absolute atomic E-state index is 3.98. The monoisotopic (exact) mass is 110 g/mol. The lowest BCUT2D eigenvalue weighted by Crippen LogP contribution is -2.14. The van der Waals surface area contributed by atoms with E-state index in [0.717, 1.165) is 6.54 Å². The first-order chi connectivity index (χ1) is 3.89. The van der Waals surface area contributed by atoms with Gasteiger partial charge in [0, 0.05) is 31.1 Å². The van der Waals surface area contributed by atoms with Crippen molar-refractivity contribution in [2.45, 2.75) is 6.92 Å². The standard InChI is InChI=1S/C6H10N2/c1-6-4-7-2-3-8-5-6/h2-4,6,8H,5H2,1H3. The van der Waals surface area contributed by atoms with Crippen molar-refractivity contribution in [2.75, 3.05) is 6.54 Å². The van der Waals surface area contributed by atoms with E-state index in [4.69, 9.17) is 0 Å². The third-order valence-corrected chi connectivity index (χ3v) is 1.06. The van der Waals surface area contributed by atoms with Gasteiger partial charge in [-0.25, -0.2) is 0 Å². The van der Waals surface area contributed by atoms with Gasteiger partial charge >= 0.3 is 0 Å². The first-order valence-electron chi connectivity index (χ1n) is 2.81. The predicted molar refractivity (Wildman–Crippen MR) is 34.8 cm³/mol. The molecule has 0 spiro atoms. The SMILES string of the molecule is CC1C=NC=CNC1. The largest absolute Gasteiger partial charge is 0.389 e. The number of aliphatic imine (C=N–C) groups is 1. The van der Waals surface area contributed by atoms with Crippen LogP contribution in [0.1, 0.15) is 6.92 Å². The van der Waals surface area contributed by atoms with Crippen molar-refractivity contribution in [3.8, 4) is 0 Å². The van der Waals surface area contributed by atoms with Crippen molar-refractivity contribution in [1.29, 1.82) is 0 Å². The minimum Gasteiger partial charge on any atom is -0.389 e. The van der Waals surface area contributed by atoms with Crippen molar-refractivity contribution < 1.29 is 0 Å². The van der Waals surface area contributed by atoms with Gasteiger partial charge in [0.2, 0.25) is 0 Å². The summed E-state index contributed by atoms with van der Waals surface area (Å²) in [6.45, 7) is 3.13. The van der Waals surface area contributed by atoms with E-state index in [1.807, 2.05) is 12.4 Å². The van der Waals surface area contributed by atoms with Crippen LogP contribution in [0.15, 0.2) is 17.4 Å². The summed E-state index contributed by atoms with van der Waals surface area (Å²) < 4.78 is 0. The lowest BCUT2D eigenvalue weighted by Gasteiger charge is -1.99. The van der Waals surface area contributed by atoms with Gasteiger partial charge in [0.25, 0.3) is 0 Å². The maximum atomic E-state index is 3.98. The van der Waals surface area contributed by atoms with Gasteiger partial charge in [-0.05, 0) is 0 Å². The molecule has 1 N–H and O–H groups in total. The van der Waals surface area contributed by atoms with Crippen LogP contribution in [-0.2, 0) is 0 Å². The molecule has 0 fully saturated rings. The van der Waals surface area contributed by atoms with E-state index >= 15 is 0 Å². The predicted octanol–water partition coefficient (Wildman–Crippen LogP) is 0.768. The van der Waals surface area contributed by atoms with E-state index in [1.165, 1.54) is 0 Å². The summed E-state index contributed by atoms with van der Waals surface area (Å²) >= 11 is 0. The Hall–Kier alpha value is -0.790. The molecule has 0 bridgehead atoms. The number of nitrogens with zero attached hydrogens (tertiary/aromatic N) is 1. The van der Waals surface area contributed by atoms with E-state index in [2.05, 4.69) is 17.2 Å². The van der Waals surface area contributed by atoms with Crippen LogP contribution in [0.2, 0.25) is 0 Å². The molecule has 2 nitrogen and oxygen atoms in total. The summed E-state index contributed by atoms with van der Waals surface area (Å²) in [5.41, 5.74) is 0. The Bertz CT molecular complexity index is 116. The Kier molecular flexibility index (Phi) is 1.67. The zero-order valence-electron chi connectivity index (χ0n) is 4.96. The zero-order valence-corrected chi connectivity index (χ0v) is 4.96. The second-order valence-electron chi connectivity index (χ2n) is 2.00. The van der Waals surface area contributed by atoms with Gasteiger partial charge in [-0.3, -0.25) is 4.99 Å². The highest BCUT2D eigenvalue weighted by molar-refractivity contribution is 5.61. The van der Waals surface area contributed by atoms with Crippen LogP contribution in [0, 0.1) is 5.92 Å². The van der Waals surface area contributed by atoms with Gasteiger partial charge < -0.3 is 5.32 Å². The summed E-state index contributed by atoms with van der Waals surface area (Å²) in [5.74, 6) is 0.560. The highest BCUT2D eigenvalue weighted by Crippen LogP contribution is 1.90. The highest BCUT2D eigenvalue weighted by atomic mass is 14.9. The summed E-state index contributed by atoms with van der Waals surface area (Å²) in [6.07, 6.45) is 5.57. The molecule has 1 rings (SSSR count). The zero-order chi connectivity index (χ0) is 5.82. The number of nitrogens with one attached hydrogen (secondary N) is 1. The van der Waals surface area contributed by atoms with E-state index in [9.17, 15) is 0 Å². The van der Waals surface area contributed by atoms with Crippen molar-refractivity contribution >= 4 is 6.21 Å². The lowest BCUT2D eigenvalue weighted by atomic mass is 10.2. The minimum absolute atomic E-state index is 0.560. The molecule has 1 heterocycles. The molecule has 44 valence electrons. The molecular weight excluding hydrogens is 100 g/mol. The Morgan fingerprint density at radius 1 is 1.75 bits per heavy atom. The average molecular weight is 110 g/mol. The number of hydrogen-bond donors (Lipinski definition) is 1. The smallest absolute Gasteiger partial charge is 0.0420 e. The van der Waals surface area contributed by atoms with Crippen LogP contribution in [0.5, 0.6) is 0 Å². The average Bonchev–Trinajstić information content (AvgIpc) is 1.94. The minimum atomic E-state index is 0.560. The van der Waals surface area contributed by atoms with Crippen LogP contribution in [-0.4, -0.2) is 12.8 Å². The molecule has 2 heteroatoms. The molecule has 0 saturated carbocycles. The fourth-order valence-electron chi connectivity index (χ4n) is 0.599. The number of hydrogen-bond acceptors (Lipinski definition) is 2. The first kappa shape index (κ1) is 5.35. The first-order valence-corrected chi connectivity index (χ1v) is 2.81. The molecule has 0 amide bonds. The number of rotatable bonds is 0. The molecule has 1 unspecified atom stereocenters. The van der Waals surface area contributed by atoms with Crippen LogP contribution in [0.4, 0.5) is 0 Å². The van der Waals surface area contributed by atoms with Gasteiger partial charge in [0.15, 0.2) is 0 Å². The second-order valence-corrected chi connectivity index (χ2v) is 2.00. The van der Waals surface area contributed by atoms with Gasteiger partial charge in [0.05, 0.1) is 0 Å². The Morgan fingerprint density at radius 3 is 3.50 bits per heavy atom. The molecule has 0 aromatic carbocycles. The molecule has 1 aliphatic heterocycles.